The lowest BCUT2D eigenvalue weighted by molar-refractivity contribution is -0.119. The highest BCUT2D eigenvalue weighted by Crippen LogP contribution is 2.75. The number of para-hydroxylation sites is 1. The number of carbonyl (C=O) groups is 2. The van der Waals surface area contributed by atoms with E-state index in [0.717, 1.165) is 32.3 Å². The van der Waals surface area contributed by atoms with Gasteiger partial charge in [-0.1, -0.05) is 12.1 Å². The molecule has 2 aliphatic carbocycles. The van der Waals surface area contributed by atoms with Crippen molar-refractivity contribution in [3.8, 4) is 0 Å². The van der Waals surface area contributed by atoms with Gasteiger partial charge in [-0.05, 0) is 43.7 Å². The van der Waals surface area contributed by atoms with Crippen LogP contribution in [-0.4, -0.2) is 31.1 Å². The Morgan fingerprint density at radius 1 is 1.27 bits per heavy atom. The summed E-state index contributed by atoms with van der Waals surface area (Å²) >= 11 is 0. The monoisotopic (exact) mass is 300 g/mol. The van der Waals surface area contributed by atoms with Crippen molar-refractivity contribution in [3.63, 3.8) is 0 Å². The van der Waals surface area contributed by atoms with E-state index in [-0.39, 0.29) is 23.3 Å². The van der Waals surface area contributed by atoms with Crippen molar-refractivity contribution >= 4 is 17.5 Å². The fraction of sp³-hybridized carbons (Fsp3) is 0.529. The Bertz CT molecular complexity index is 616. The number of anilines is 1. The molecular formula is C17H20N2O3. The van der Waals surface area contributed by atoms with E-state index in [0.29, 0.717) is 23.7 Å². The van der Waals surface area contributed by atoms with Gasteiger partial charge in [0.1, 0.15) is 0 Å². The molecule has 2 N–H and O–H groups in total. The third kappa shape index (κ3) is 2.39. The highest BCUT2D eigenvalue weighted by Gasteiger charge is 2.74. The van der Waals surface area contributed by atoms with Crippen LogP contribution in [0.25, 0.3) is 0 Å². The summed E-state index contributed by atoms with van der Waals surface area (Å²) in [5.41, 5.74) is 1.02. The normalized spacial score (nSPS) is 31.3. The van der Waals surface area contributed by atoms with E-state index in [1.807, 2.05) is 12.1 Å². The molecule has 1 aromatic carbocycles. The van der Waals surface area contributed by atoms with E-state index in [9.17, 15) is 9.59 Å². The third-order valence-electron chi connectivity index (χ3n) is 5.07. The molecular weight excluding hydrogens is 280 g/mol. The van der Waals surface area contributed by atoms with Crippen LogP contribution in [0.15, 0.2) is 24.3 Å². The average molecular weight is 300 g/mol. The first-order valence-electron chi connectivity index (χ1n) is 7.99. The van der Waals surface area contributed by atoms with Crippen LogP contribution in [0.5, 0.6) is 0 Å². The van der Waals surface area contributed by atoms with Crippen molar-refractivity contribution in [1.29, 1.82) is 0 Å². The van der Waals surface area contributed by atoms with Crippen LogP contribution in [0.3, 0.4) is 0 Å². The summed E-state index contributed by atoms with van der Waals surface area (Å²) in [6, 6.07) is 7.18. The topological polar surface area (TPSA) is 67.4 Å². The molecule has 3 fully saturated rings. The molecule has 5 heteroatoms. The Hall–Kier alpha value is -1.88. The van der Waals surface area contributed by atoms with Gasteiger partial charge in [0.15, 0.2) is 0 Å². The van der Waals surface area contributed by atoms with Crippen molar-refractivity contribution in [3.05, 3.63) is 29.8 Å². The highest BCUT2D eigenvalue weighted by atomic mass is 16.5. The van der Waals surface area contributed by atoms with E-state index in [1.54, 1.807) is 12.1 Å². The van der Waals surface area contributed by atoms with E-state index in [4.69, 9.17) is 4.74 Å². The van der Waals surface area contributed by atoms with E-state index in [1.165, 1.54) is 0 Å². The number of carbonyl (C=O) groups excluding carboxylic acids is 2. The zero-order valence-corrected chi connectivity index (χ0v) is 12.4. The largest absolute Gasteiger partial charge is 0.376 e. The van der Waals surface area contributed by atoms with Crippen LogP contribution < -0.4 is 10.6 Å². The molecule has 1 heterocycles. The molecule has 0 spiro atoms. The maximum Gasteiger partial charge on any atom is 0.253 e. The molecule has 5 nitrogen and oxygen atoms in total. The van der Waals surface area contributed by atoms with E-state index >= 15 is 0 Å². The Kier molecular flexibility index (Phi) is 3.18. The zero-order chi connectivity index (χ0) is 15.2. The molecule has 0 bridgehead atoms. The van der Waals surface area contributed by atoms with Gasteiger partial charge < -0.3 is 15.4 Å². The number of nitrogens with one attached hydrogen (secondary N) is 2. The summed E-state index contributed by atoms with van der Waals surface area (Å²) in [7, 11) is 0. The molecule has 0 aromatic heterocycles. The fourth-order valence-electron chi connectivity index (χ4n) is 3.22. The molecule has 1 aromatic rings. The zero-order valence-electron chi connectivity index (χ0n) is 12.4. The Morgan fingerprint density at radius 2 is 2.05 bits per heavy atom. The molecule has 2 amide bonds. The summed E-state index contributed by atoms with van der Waals surface area (Å²) in [5, 5.41) is 5.84. The van der Waals surface area contributed by atoms with Gasteiger partial charge in [0.05, 0.1) is 22.8 Å². The maximum atomic E-state index is 12.4. The number of hydrogen-bond donors (Lipinski definition) is 2. The van der Waals surface area contributed by atoms with Gasteiger partial charge in [-0.25, -0.2) is 0 Å². The van der Waals surface area contributed by atoms with Gasteiger partial charge >= 0.3 is 0 Å². The van der Waals surface area contributed by atoms with Gasteiger partial charge in [-0.2, -0.15) is 0 Å². The van der Waals surface area contributed by atoms with Crippen LogP contribution >= 0.6 is 0 Å². The van der Waals surface area contributed by atoms with E-state index < -0.39 is 0 Å². The quantitative estimate of drug-likeness (QED) is 0.873. The maximum absolute atomic E-state index is 12.4. The SMILES string of the molecule is O=C(NCC1CCCO1)c1ccccc1NC(=O)C12CC1C2. The lowest BCUT2D eigenvalue weighted by Crippen LogP contribution is -2.32. The first-order valence-corrected chi connectivity index (χ1v) is 7.99. The van der Waals surface area contributed by atoms with Crippen molar-refractivity contribution in [2.75, 3.05) is 18.5 Å². The van der Waals surface area contributed by atoms with Crippen molar-refractivity contribution in [2.45, 2.75) is 31.8 Å². The molecule has 0 radical (unpaired) electrons. The first kappa shape index (κ1) is 13.8. The standard InChI is InChI=1S/C17H20N2O3/c20-15(18-10-12-4-3-7-22-12)13-5-1-2-6-14(13)19-16(21)17-8-11(17)9-17/h1-2,5-6,11-12H,3-4,7-10H2,(H,18,20)(H,19,21). The number of hydrogen-bond acceptors (Lipinski definition) is 3. The van der Waals surface area contributed by atoms with Crippen molar-refractivity contribution in [1.82, 2.24) is 5.32 Å². The Morgan fingerprint density at radius 3 is 2.73 bits per heavy atom. The number of rotatable bonds is 5. The van der Waals surface area contributed by atoms with Gasteiger partial charge in [-0.15, -0.1) is 0 Å². The third-order valence-corrected chi connectivity index (χ3v) is 5.07. The Labute approximate surface area is 129 Å². The smallest absolute Gasteiger partial charge is 0.253 e. The number of ether oxygens (including phenoxy) is 1. The molecule has 4 rings (SSSR count). The Balaban J connectivity index is 1.41. The van der Waals surface area contributed by atoms with Crippen LogP contribution in [0.4, 0.5) is 5.69 Å². The predicted molar refractivity (Wildman–Crippen MR) is 81.5 cm³/mol. The molecule has 1 saturated heterocycles. The minimum Gasteiger partial charge on any atom is -0.376 e. The van der Waals surface area contributed by atoms with Gasteiger partial charge in [0.25, 0.3) is 5.91 Å². The average Bonchev–Trinajstić information content (AvgIpc) is 3.32. The fourth-order valence-corrected chi connectivity index (χ4v) is 3.22. The summed E-state index contributed by atoms with van der Waals surface area (Å²) in [4.78, 5) is 24.6. The van der Waals surface area contributed by atoms with E-state index in [2.05, 4.69) is 10.6 Å². The molecule has 116 valence electrons. The second-order valence-electron chi connectivity index (χ2n) is 6.61. The molecule has 3 aliphatic rings. The van der Waals surface area contributed by atoms with Crippen LogP contribution in [-0.2, 0) is 9.53 Å². The minimum atomic E-state index is -0.160. The molecule has 22 heavy (non-hydrogen) atoms. The number of amides is 2. The van der Waals surface area contributed by atoms with Crippen LogP contribution in [0, 0.1) is 11.3 Å². The number of benzene rings is 1. The molecule has 1 unspecified atom stereocenters. The van der Waals surface area contributed by atoms with Gasteiger partial charge in [-0.3, -0.25) is 9.59 Å². The molecule has 1 aliphatic heterocycles. The second-order valence-corrected chi connectivity index (χ2v) is 6.61. The summed E-state index contributed by atoms with van der Waals surface area (Å²) in [6.07, 6.45) is 4.17. The summed E-state index contributed by atoms with van der Waals surface area (Å²) in [6.45, 7) is 1.30. The minimum absolute atomic E-state index is 0.0666. The summed E-state index contributed by atoms with van der Waals surface area (Å²) in [5.74, 6) is 0.497. The molecule has 1 atom stereocenters. The van der Waals surface area contributed by atoms with Gasteiger partial charge in [0, 0.05) is 13.2 Å². The summed E-state index contributed by atoms with van der Waals surface area (Å²) < 4.78 is 5.51. The van der Waals surface area contributed by atoms with Crippen LogP contribution in [0.2, 0.25) is 0 Å². The van der Waals surface area contributed by atoms with Crippen molar-refractivity contribution < 1.29 is 14.3 Å². The van der Waals surface area contributed by atoms with Crippen molar-refractivity contribution in [2.24, 2.45) is 11.3 Å². The lowest BCUT2D eigenvalue weighted by atomic mass is 10.1. The number of fused-ring (bicyclic) bond motifs is 1. The predicted octanol–water partition coefficient (Wildman–Crippen LogP) is 1.94. The lowest BCUT2D eigenvalue weighted by Gasteiger charge is -2.14. The van der Waals surface area contributed by atoms with Crippen LogP contribution in [0.1, 0.15) is 36.0 Å². The van der Waals surface area contributed by atoms with Gasteiger partial charge in [0.2, 0.25) is 5.91 Å². The molecule has 2 saturated carbocycles. The highest BCUT2D eigenvalue weighted by molar-refractivity contribution is 6.06. The second kappa shape index (κ2) is 5.09. The first-order chi connectivity index (χ1) is 10.7.